The molecule has 0 bridgehead atoms. The van der Waals surface area contributed by atoms with Gasteiger partial charge in [0, 0.05) is 13.2 Å². The first-order valence-electron chi connectivity index (χ1n) is 7.99. The van der Waals surface area contributed by atoms with Crippen molar-refractivity contribution in [3.05, 3.63) is 0 Å². The first-order chi connectivity index (χ1) is 11.7. The Morgan fingerprint density at radius 2 is 1.44 bits per heavy atom. The van der Waals surface area contributed by atoms with Crippen LogP contribution in [0.4, 0.5) is 0 Å². The number of aliphatic carboxylic acids is 2. The molecule has 0 unspecified atom stereocenters. The molecule has 0 radical (unpaired) electrons. The minimum Gasteiger partial charge on any atom is -0.473 e. The monoisotopic (exact) mass is 359 g/mol. The van der Waals surface area contributed by atoms with Crippen LogP contribution < -0.4 is 10.6 Å². The second-order valence-corrected chi connectivity index (χ2v) is 5.41. The van der Waals surface area contributed by atoms with Crippen molar-refractivity contribution in [3.63, 3.8) is 0 Å². The third-order valence-corrected chi connectivity index (χ3v) is 3.46. The lowest BCUT2D eigenvalue weighted by atomic mass is 9.76. The van der Waals surface area contributed by atoms with Crippen molar-refractivity contribution < 1.29 is 34.5 Å². The number of guanidine groups is 1. The smallest absolute Gasteiger partial charge is 0.414 e. The van der Waals surface area contributed by atoms with Crippen LogP contribution in [0.15, 0.2) is 4.99 Å². The van der Waals surface area contributed by atoms with E-state index in [1.165, 1.54) is 0 Å². The molecule has 2 amide bonds. The maximum Gasteiger partial charge on any atom is 0.414 e. The first kappa shape index (κ1) is 22.5. The van der Waals surface area contributed by atoms with Crippen LogP contribution in [0.3, 0.4) is 0 Å². The summed E-state index contributed by atoms with van der Waals surface area (Å²) in [6, 6.07) is 0. The Hall–Kier alpha value is -2.49. The number of hydrogen-bond donors (Lipinski definition) is 5. The van der Waals surface area contributed by atoms with Crippen molar-refractivity contribution in [2.24, 2.45) is 10.4 Å². The van der Waals surface area contributed by atoms with Crippen molar-refractivity contribution in [3.8, 4) is 0 Å². The maximum absolute atomic E-state index is 12.2. The van der Waals surface area contributed by atoms with Crippen LogP contribution in [0.25, 0.3) is 0 Å². The third-order valence-electron chi connectivity index (χ3n) is 3.46. The predicted molar refractivity (Wildman–Crippen MR) is 87.8 cm³/mol. The highest BCUT2D eigenvalue weighted by molar-refractivity contribution is 6.27. The van der Waals surface area contributed by atoms with Crippen molar-refractivity contribution in [1.29, 1.82) is 0 Å². The Bertz CT molecular complexity index is 491. The number of rotatable bonds is 7. The highest BCUT2D eigenvalue weighted by atomic mass is 16.4. The molecule has 1 rings (SSSR count). The minimum atomic E-state index is -1.82. The summed E-state index contributed by atoms with van der Waals surface area (Å²) < 4.78 is 0. The van der Waals surface area contributed by atoms with Gasteiger partial charge in [-0.25, -0.2) is 9.59 Å². The lowest BCUT2D eigenvalue weighted by Crippen LogP contribution is -2.63. The molecule has 0 aromatic carbocycles. The highest BCUT2D eigenvalue weighted by Gasteiger charge is 2.47. The normalized spacial score (nSPS) is 15.4. The Labute approximate surface area is 145 Å². The van der Waals surface area contributed by atoms with Crippen LogP contribution in [0.5, 0.6) is 0 Å². The SMILES string of the molecule is CCCC1(CCC)C(=O)NC(=NCCCO)NC1=O.O=C(O)C(=O)O. The van der Waals surface area contributed by atoms with Gasteiger partial charge in [0.05, 0.1) is 0 Å². The second kappa shape index (κ2) is 11.1. The maximum atomic E-state index is 12.2. The zero-order valence-electron chi connectivity index (χ0n) is 14.4. The number of aliphatic hydroxyl groups excluding tert-OH is 1. The van der Waals surface area contributed by atoms with Gasteiger partial charge in [-0.15, -0.1) is 0 Å². The summed E-state index contributed by atoms with van der Waals surface area (Å²) in [5.74, 6) is -3.97. The van der Waals surface area contributed by atoms with E-state index in [2.05, 4.69) is 15.6 Å². The van der Waals surface area contributed by atoms with Gasteiger partial charge in [-0.3, -0.25) is 25.2 Å². The number of aliphatic hydroxyl groups is 1. The number of carbonyl (C=O) groups is 4. The van der Waals surface area contributed by atoms with Crippen LogP contribution in [-0.4, -0.2) is 58.2 Å². The van der Waals surface area contributed by atoms with Crippen LogP contribution in [0, 0.1) is 5.41 Å². The molecule has 1 fully saturated rings. The van der Waals surface area contributed by atoms with Crippen LogP contribution >= 0.6 is 0 Å². The number of nitrogens with one attached hydrogen (secondary N) is 2. The molecule has 10 heteroatoms. The van der Waals surface area contributed by atoms with E-state index in [1.54, 1.807) is 0 Å². The molecule has 142 valence electrons. The quantitative estimate of drug-likeness (QED) is 0.237. The summed E-state index contributed by atoms with van der Waals surface area (Å²) in [7, 11) is 0. The first-order valence-corrected chi connectivity index (χ1v) is 7.99. The van der Waals surface area contributed by atoms with Gasteiger partial charge < -0.3 is 15.3 Å². The molecule has 0 spiro atoms. The summed E-state index contributed by atoms with van der Waals surface area (Å²) in [4.78, 5) is 46.7. The number of carboxylic acid groups (broad SMARTS) is 2. The van der Waals surface area contributed by atoms with E-state index in [9.17, 15) is 9.59 Å². The Balaban J connectivity index is 0.000000823. The number of carboxylic acids is 2. The molecule has 10 nitrogen and oxygen atoms in total. The predicted octanol–water partition coefficient (Wildman–Crippen LogP) is -0.287. The fourth-order valence-corrected chi connectivity index (χ4v) is 2.36. The minimum absolute atomic E-state index is 0.0360. The van der Waals surface area contributed by atoms with E-state index >= 15 is 0 Å². The number of carbonyl (C=O) groups excluding carboxylic acids is 2. The second-order valence-electron chi connectivity index (χ2n) is 5.41. The van der Waals surface area contributed by atoms with E-state index in [0.29, 0.717) is 25.8 Å². The van der Waals surface area contributed by atoms with Gasteiger partial charge in [0.25, 0.3) is 0 Å². The molecular formula is C15H25N3O7. The van der Waals surface area contributed by atoms with Gasteiger partial charge in [0.2, 0.25) is 17.8 Å². The van der Waals surface area contributed by atoms with Crippen molar-refractivity contribution in [2.75, 3.05) is 13.2 Å². The summed E-state index contributed by atoms with van der Waals surface area (Å²) in [6.45, 7) is 4.33. The molecular weight excluding hydrogens is 334 g/mol. The highest BCUT2D eigenvalue weighted by Crippen LogP contribution is 2.32. The zero-order chi connectivity index (χ0) is 19.5. The molecule has 1 saturated heterocycles. The average Bonchev–Trinajstić information content (AvgIpc) is 2.53. The molecule has 1 heterocycles. The van der Waals surface area contributed by atoms with E-state index in [4.69, 9.17) is 24.9 Å². The fraction of sp³-hybridized carbons (Fsp3) is 0.667. The van der Waals surface area contributed by atoms with E-state index in [0.717, 1.165) is 12.8 Å². The Morgan fingerprint density at radius 3 is 1.76 bits per heavy atom. The standard InChI is InChI=1S/C13H23N3O3.C2H2O4/c1-3-6-13(7-4-2)10(18)15-12(16-11(13)19)14-8-5-9-17;3-1(4)2(5)6/h17H,3-9H2,1-2H3,(H2,14,15,16,18,19);(H,3,4)(H,5,6). The van der Waals surface area contributed by atoms with Crippen molar-refractivity contribution in [1.82, 2.24) is 10.6 Å². The van der Waals surface area contributed by atoms with Crippen LogP contribution in [-0.2, 0) is 19.2 Å². The largest absolute Gasteiger partial charge is 0.473 e. The van der Waals surface area contributed by atoms with Crippen LogP contribution in [0.1, 0.15) is 46.0 Å². The van der Waals surface area contributed by atoms with E-state index in [1.807, 2.05) is 13.8 Å². The Kier molecular flexibility index (Phi) is 10.0. The molecule has 1 aliphatic heterocycles. The summed E-state index contributed by atoms with van der Waals surface area (Å²) >= 11 is 0. The molecule has 0 aromatic heterocycles. The molecule has 5 N–H and O–H groups in total. The van der Waals surface area contributed by atoms with Gasteiger partial charge in [-0.1, -0.05) is 26.7 Å². The average molecular weight is 359 g/mol. The van der Waals surface area contributed by atoms with Gasteiger partial charge in [0.1, 0.15) is 5.41 Å². The van der Waals surface area contributed by atoms with Crippen LogP contribution in [0.2, 0.25) is 0 Å². The summed E-state index contributed by atoms with van der Waals surface area (Å²) in [5, 5.41) is 28.8. The third kappa shape index (κ3) is 6.87. The lowest BCUT2D eigenvalue weighted by molar-refractivity contribution is -0.159. The zero-order valence-corrected chi connectivity index (χ0v) is 14.4. The topological polar surface area (TPSA) is 165 Å². The fourth-order valence-electron chi connectivity index (χ4n) is 2.36. The van der Waals surface area contributed by atoms with Gasteiger partial charge in [-0.2, -0.15) is 0 Å². The molecule has 0 atom stereocenters. The Morgan fingerprint density at radius 1 is 1.00 bits per heavy atom. The lowest BCUT2D eigenvalue weighted by Gasteiger charge is -2.35. The number of amides is 2. The number of hydrogen-bond acceptors (Lipinski definition) is 6. The van der Waals surface area contributed by atoms with Gasteiger partial charge in [0.15, 0.2) is 0 Å². The molecule has 0 aliphatic carbocycles. The van der Waals surface area contributed by atoms with Gasteiger partial charge in [-0.05, 0) is 19.3 Å². The number of aliphatic imine (C=N–C) groups is 1. The molecule has 25 heavy (non-hydrogen) atoms. The molecule has 1 aliphatic rings. The van der Waals surface area contributed by atoms with Crippen molar-refractivity contribution >= 4 is 29.7 Å². The number of nitrogens with zero attached hydrogens (tertiary/aromatic N) is 1. The molecule has 0 aromatic rings. The van der Waals surface area contributed by atoms with E-state index < -0.39 is 17.4 Å². The van der Waals surface area contributed by atoms with E-state index in [-0.39, 0.29) is 24.4 Å². The molecule has 0 saturated carbocycles. The van der Waals surface area contributed by atoms with Crippen molar-refractivity contribution in [2.45, 2.75) is 46.0 Å². The summed E-state index contributed by atoms with van der Waals surface area (Å²) in [6.07, 6.45) is 3.14. The summed E-state index contributed by atoms with van der Waals surface area (Å²) in [5.41, 5.74) is -0.959. The van der Waals surface area contributed by atoms with Gasteiger partial charge >= 0.3 is 11.9 Å².